The van der Waals surface area contributed by atoms with E-state index in [9.17, 15) is 4.79 Å². The number of likely N-dealkylation sites (tertiary alicyclic amines) is 1. The fraction of sp³-hybridized carbons (Fsp3) is 0.533. The Hall–Kier alpha value is -0.430. The molecular formula is C15H21Br2N3O. The quantitative estimate of drug-likeness (QED) is 0.788. The third kappa shape index (κ3) is 4.52. The zero-order chi connectivity index (χ0) is 15.4. The maximum absolute atomic E-state index is 12.3. The van der Waals surface area contributed by atoms with Crippen molar-refractivity contribution >= 4 is 43.5 Å². The summed E-state index contributed by atoms with van der Waals surface area (Å²) in [6.07, 6.45) is 3.43. The molecular weight excluding hydrogens is 398 g/mol. The largest absolute Gasteiger partial charge is 0.329 e. The Morgan fingerprint density at radius 3 is 2.67 bits per heavy atom. The molecule has 1 heterocycles. The van der Waals surface area contributed by atoms with Crippen LogP contribution >= 0.6 is 31.9 Å². The van der Waals surface area contributed by atoms with Gasteiger partial charge in [0.15, 0.2) is 0 Å². The summed E-state index contributed by atoms with van der Waals surface area (Å²) in [5.74, 6) is 0.000558. The van der Waals surface area contributed by atoms with Crippen molar-refractivity contribution in [3.63, 3.8) is 0 Å². The second-order valence-electron chi connectivity index (χ2n) is 5.51. The first-order valence-corrected chi connectivity index (χ1v) is 8.79. The van der Waals surface area contributed by atoms with Gasteiger partial charge in [0.25, 0.3) is 0 Å². The minimum absolute atomic E-state index is 0.000558. The number of anilines is 1. The molecule has 1 amide bonds. The number of carbonyl (C=O) groups is 1. The van der Waals surface area contributed by atoms with Crippen LogP contribution in [0.2, 0.25) is 0 Å². The first-order valence-electron chi connectivity index (χ1n) is 7.21. The van der Waals surface area contributed by atoms with E-state index in [1.807, 2.05) is 19.1 Å². The molecule has 1 fully saturated rings. The van der Waals surface area contributed by atoms with E-state index in [1.165, 1.54) is 6.42 Å². The molecule has 1 aliphatic rings. The van der Waals surface area contributed by atoms with Crippen LogP contribution in [0.25, 0.3) is 0 Å². The van der Waals surface area contributed by atoms with E-state index in [1.54, 1.807) is 0 Å². The molecule has 1 aromatic rings. The summed E-state index contributed by atoms with van der Waals surface area (Å²) in [4.78, 5) is 14.5. The van der Waals surface area contributed by atoms with Crippen molar-refractivity contribution in [2.45, 2.75) is 32.2 Å². The molecule has 2 rings (SSSR count). The molecule has 0 bridgehead atoms. The molecule has 6 heteroatoms. The molecule has 1 aromatic carbocycles. The van der Waals surface area contributed by atoms with E-state index in [4.69, 9.17) is 5.73 Å². The average Bonchev–Trinajstić information content (AvgIpc) is 2.43. The highest BCUT2D eigenvalue weighted by Gasteiger charge is 2.23. The smallest absolute Gasteiger partial charge is 0.238 e. The van der Waals surface area contributed by atoms with Crippen LogP contribution in [-0.4, -0.2) is 36.5 Å². The van der Waals surface area contributed by atoms with Crippen molar-refractivity contribution < 1.29 is 4.79 Å². The number of nitrogens with two attached hydrogens (primary N) is 1. The zero-order valence-electron chi connectivity index (χ0n) is 12.2. The van der Waals surface area contributed by atoms with Crippen molar-refractivity contribution in [1.29, 1.82) is 0 Å². The van der Waals surface area contributed by atoms with Crippen molar-refractivity contribution in [2.24, 2.45) is 5.73 Å². The first-order chi connectivity index (χ1) is 10.0. The highest BCUT2D eigenvalue weighted by Crippen LogP contribution is 2.32. The lowest BCUT2D eigenvalue weighted by molar-refractivity contribution is -0.118. The van der Waals surface area contributed by atoms with Gasteiger partial charge in [-0.1, -0.05) is 6.42 Å². The van der Waals surface area contributed by atoms with Gasteiger partial charge < -0.3 is 11.1 Å². The summed E-state index contributed by atoms with van der Waals surface area (Å²) in [5.41, 5.74) is 7.71. The van der Waals surface area contributed by atoms with Crippen molar-refractivity contribution in [2.75, 3.05) is 25.0 Å². The standard InChI is InChI=1S/C15H21Br2N3O/c1-10-6-12(16)15(13(17)7-10)19-14(21)9-20-5-3-2-4-11(20)8-18/h6-7,11H,2-5,8-9,18H2,1H3,(H,19,21). The molecule has 116 valence electrons. The lowest BCUT2D eigenvalue weighted by atomic mass is 10.0. The Kier molecular flexibility index (Phi) is 6.22. The number of piperidine rings is 1. The Morgan fingerprint density at radius 2 is 2.05 bits per heavy atom. The lowest BCUT2D eigenvalue weighted by Gasteiger charge is -2.34. The summed E-state index contributed by atoms with van der Waals surface area (Å²) >= 11 is 7.00. The summed E-state index contributed by atoms with van der Waals surface area (Å²) < 4.78 is 1.77. The van der Waals surface area contributed by atoms with E-state index in [0.717, 1.165) is 39.6 Å². The number of halogens is 2. The number of nitrogens with one attached hydrogen (secondary N) is 1. The number of amides is 1. The number of aryl methyl sites for hydroxylation is 1. The van der Waals surface area contributed by atoms with E-state index in [-0.39, 0.29) is 5.91 Å². The molecule has 3 N–H and O–H groups in total. The molecule has 0 spiro atoms. The van der Waals surface area contributed by atoms with Gasteiger partial charge in [-0.15, -0.1) is 0 Å². The van der Waals surface area contributed by atoms with Crippen LogP contribution in [0.5, 0.6) is 0 Å². The van der Waals surface area contributed by atoms with Gasteiger partial charge in [-0.25, -0.2) is 0 Å². The van der Waals surface area contributed by atoms with Crippen LogP contribution in [0.4, 0.5) is 5.69 Å². The Morgan fingerprint density at radius 1 is 1.38 bits per heavy atom. The number of benzene rings is 1. The predicted molar refractivity (Wildman–Crippen MR) is 93.5 cm³/mol. The molecule has 0 aromatic heterocycles. The Labute approximate surface area is 142 Å². The summed E-state index contributed by atoms with van der Waals surface area (Å²) in [6, 6.07) is 4.31. The monoisotopic (exact) mass is 417 g/mol. The summed E-state index contributed by atoms with van der Waals surface area (Å²) in [6.45, 7) is 3.98. The zero-order valence-corrected chi connectivity index (χ0v) is 15.3. The molecule has 1 unspecified atom stereocenters. The molecule has 1 saturated heterocycles. The third-order valence-electron chi connectivity index (χ3n) is 3.82. The molecule has 21 heavy (non-hydrogen) atoms. The maximum Gasteiger partial charge on any atom is 0.238 e. The lowest BCUT2D eigenvalue weighted by Crippen LogP contribution is -2.47. The van der Waals surface area contributed by atoms with Crippen molar-refractivity contribution in [1.82, 2.24) is 4.90 Å². The molecule has 1 aliphatic heterocycles. The minimum atomic E-state index is 0.000558. The van der Waals surface area contributed by atoms with Gasteiger partial charge in [0.1, 0.15) is 0 Å². The van der Waals surface area contributed by atoms with Gasteiger partial charge in [0.2, 0.25) is 5.91 Å². The van der Waals surface area contributed by atoms with E-state index < -0.39 is 0 Å². The Balaban J connectivity index is 2.01. The van der Waals surface area contributed by atoms with Gasteiger partial charge in [0.05, 0.1) is 12.2 Å². The van der Waals surface area contributed by atoms with Crippen LogP contribution in [0.3, 0.4) is 0 Å². The molecule has 0 saturated carbocycles. The van der Waals surface area contributed by atoms with Gasteiger partial charge in [-0.3, -0.25) is 9.69 Å². The summed E-state index contributed by atoms with van der Waals surface area (Å²) in [5, 5.41) is 2.98. The van der Waals surface area contributed by atoms with E-state index in [0.29, 0.717) is 19.1 Å². The van der Waals surface area contributed by atoms with E-state index in [2.05, 4.69) is 42.1 Å². The van der Waals surface area contributed by atoms with Crippen LogP contribution < -0.4 is 11.1 Å². The van der Waals surface area contributed by atoms with Crippen molar-refractivity contribution in [3.8, 4) is 0 Å². The highest BCUT2D eigenvalue weighted by atomic mass is 79.9. The number of hydrogen-bond donors (Lipinski definition) is 2. The van der Waals surface area contributed by atoms with Crippen LogP contribution in [0.15, 0.2) is 21.1 Å². The van der Waals surface area contributed by atoms with Gasteiger partial charge in [-0.2, -0.15) is 0 Å². The topological polar surface area (TPSA) is 58.4 Å². The fourth-order valence-electron chi connectivity index (χ4n) is 2.72. The van der Waals surface area contributed by atoms with Crippen LogP contribution in [-0.2, 0) is 4.79 Å². The van der Waals surface area contributed by atoms with Gasteiger partial charge in [-0.05, 0) is 75.9 Å². The predicted octanol–water partition coefficient (Wildman–Crippen LogP) is 3.27. The fourth-order valence-corrected chi connectivity index (χ4v) is 4.33. The maximum atomic E-state index is 12.3. The number of carbonyl (C=O) groups excluding carboxylic acids is 1. The molecule has 4 nitrogen and oxygen atoms in total. The molecule has 0 aliphatic carbocycles. The van der Waals surface area contributed by atoms with Crippen molar-refractivity contribution in [3.05, 3.63) is 26.6 Å². The normalized spacial score (nSPS) is 19.5. The second kappa shape index (κ2) is 7.72. The van der Waals surface area contributed by atoms with Crippen LogP contribution in [0, 0.1) is 6.92 Å². The Bertz CT molecular complexity index is 499. The van der Waals surface area contributed by atoms with Gasteiger partial charge in [0, 0.05) is 21.5 Å². The first kappa shape index (κ1) is 16.9. The summed E-state index contributed by atoms with van der Waals surface area (Å²) in [7, 11) is 0. The average molecular weight is 419 g/mol. The highest BCUT2D eigenvalue weighted by molar-refractivity contribution is 9.11. The third-order valence-corrected chi connectivity index (χ3v) is 5.07. The van der Waals surface area contributed by atoms with Crippen LogP contribution in [0.1, 0.15) is 24.8 Å². The SMILES string of the molecule is Cc1cc(Br)c(NC(=O)CN2CCCCC2CN)c(Br)c1. The molecule has 1 atom stereocenters. The number of nitrogens with zero attached hydrogens (tertiary/aromatic N) is 1. The van der Waals surface area contributed by atoms with Gasteiger partial charge >= 0.3 is 0 Å². The molecule has 0 radical (unpaired) electrons. The van der Waals surface area contributed by atoms with E-state index >= 15 is 0 Å². The second-order valence-corrected chi connectivity index (χ2v) is 7.22. The minimum Gasteiger partial charge on any atom is -0.329 e. The number of rotatable bonds is 4. The number of hydrogen-bond acceptors (Lipinski definition) is 3.